The third-order valence-electron chi connectivity index (χ3n) is 2.26. The molecule has 0 aromatic carbocycles. The summed E-state index contributed by atoms with van der Waals surface area (Å²) in [6.07, 6.45) is 5.16. The van der Waals surface area contributed by atoms with E-state index in [-0.39, 0.29) is 6.10 Å². The molecule has 3 N–H and O–H groups in total. The molecule has 7 nitrogen and oxygen atoms in total. The maximum atomic E-state index is 5.58. The van der Waals surface area contributed by atoms with Crippen molar-refractivity contribution in [3.8, 4) is 5.88 Å². The van der Waals surface area contributed by atoms with Gasteiger partial charge in [0, 0.05) is 25.0 Å². The number of anilines is 2. The van der Waals surface area contributed by atoms with Crippen LogP contribution in [0.4, 0.5) is 11.6 Å². The van der Waals surface area contributed by atoms with Gasteiger partial charge < -0.3 is 15.8 Å². The maximum Gasteiger partial charge on any atom is 0.226 e. The zero-order valence-electron chi connectivity index (χ0n) is 11.1. The van der Waals surface area contributed by atoms with Crippen LogP contribution < -0.4 is 15.8 Å². The van der Waals surface area contributed by atoms with E-state index in [1.807, 2.05) is 13.8 Å². The number of ether oxygens (including phenoxy) is 1. The first-order chi connectivity index (χ1) is 9.13. The molecular formula is C12H18N6O. The minimum atomic E-state index is 0.0924. The smallest absolute Gasteiger partial charge is 0.226 e. The standard InChI is InChI=1S/C12H18N6O/c1-9(2)19-11-3-4-14-12(17-11)15-5-6-18-8-10(13)7-16-18/h3-4,7-9H,5-6,13H2,1-2H3,(H,14,15,17). The monoisotopic (exact) mass is 262 g/mol. The summed E-state index contributed by atoms with van der Waals surface area (Å²) in [4.78, 5) is 8.38. The summed E-state index contributed by atoms with van der Waals surface area (Å²) in [6, 6.07) is 1.74. The lowest BCUT2D eigenvalue weighted by Gasteiger charge is -2.10. The van der Waals surface area contributed by atoms with Gasteiger partial charge in [-0.25, -0.2) is 4.98 Å². The fourth-order valence-electron chi connectivity index (χ4n) is 1.52. The maximum absolute atomic E-state index is 5.58. The Labute approximate surface area is 111 Å². The fraction of sp³-hybridized carbons (Fsp3) is 0.417. The molecule has 102 valence electrons. The molecule has 0 radical (unpaired) electrons. The fourth-order valence-corrected chi connectivity index (χ4v) is 1.52. The molecule has 0 aliphatic rings. The van der Waals surface area contributed by atoms with Gasteiger partial charge in [0.25, 0.3) is 0 Å². The molecule has 0 aliphatic carbocycles. The number of rotatable bonds is 6. The molecule has 0 amide bonds. The number of aromatic nitrogens is 4. The molecule has 0 bridgehead atoms. The highest BCUT2D eigenvalue weighted by molar-refractivity contribution is 5.30. The number of nitrogens with one attached hydrogen (secondary N) is 1. The first-order valence-electron chi connectivity index (χ1n) is 6.15. The van der Waals surface area contributed by atoms with Crippen molar-refractivity contribution in [2.24, 2.45) is 0 Å². The van der Waals surface area contributed by atoms with Crippen LogP contribution in [0.5, 0.6) is 5.88 Å². The molecule has 2 aromatic heterocycles. The SMILES string of the molecule is CC(C)Oc1ccnc(NCCn2cc(N)cn2)n1. The Bertz CT molecular complexity index is 524. The molecule has 0 fully saturated rings. The highest BCUT2D eigenvalue weighted by Crippen LogP contribution is 2.10. The van der Waals surface area contributed by atoms with Gasteiger partial charge in [0.15, 0.2) is 0 Å². The van der Waals surface area contributed by atoms with Crippen molar-refractivity contribution in [1.82, 2.24) is 19.7 Å². The Morgan fingerprint density at radius 2 is 2.32 bits per heavy atom. The summed E-state index contributed by atoms with van der Waals surface area (Å²) in [6.45, 7) is 5.26. The summed E-state index contributed by atoms with van der Waals surface area (Å²) in [5.74, 6) is 1.11. The number of nitrogen functional groups attached to an aromatic ring is 1. The Morgan fingerprint density at radius 1 is 1.47 bits per heavy atom. The van der Waals surface area contributed by atoms with E-state index < -0.39 is 0 Å². The van der Waals surface area contributed by atoms with E-state index in [9.17, 15) is 0 Å². The quantitative estimate of drug-likeness (QED) is 0.811. The van der Waals surface area contributed by atoms with Gasteiger partial charge in [0.2, 0.25) is 11.8 Å². The predicted molar refractivity (Wildman–Crippen MR) is 72.9 cm³/mol. The topological polar surface area (TPSA) is 90.9 Å². The lowest BCUT2D eigenvalue weighted by Crippen LogP contribution is -2.13. The molecule has 0 aliphatic heterocycles. The Morgan fingerprint density at radius 3 is 3.00 bits per heavy atom. The van der Waals surface area contributed by atoms with Crippen LogP contribution in [0.3, 0.4) is 0 Å². The van der Waals surface area contributed by atoms with Gasteiger partial charge in [-0.2, -0.15) is 10.1 Å². The van der Waals surface area contributed by atoms with Crippen LogP contribution in [-0.2, 0) is 6.54 Å². The van der Waals surface area contributed by atoms with E-state index in [2.05, 4.69) is 20.4 Å². The molecule has 2 aromatic rings. The first kappa shape index (κ1) is 13.1. The number of nitrogens with two attached hydrogens (primary N) is 1. The van der Waals surface area contributed by atoms with E-state index >= 15 is 0 Å². The average molecular weight is 262 g/mol. The van der Waals surface area contributed by atoms with Gasteiger partial charge in [0.1, 0.15) is 0 Å². The van der Waals surface area contributed by atoms with Gasteiger partial charge in [-0.15, -0.1) is 0 Å². The number of hydrogen-bond donors (Lipinski definition) is 2. The van der Waals surface area contributed by atoms with E-state index in [4.69, 9.17) is 10.5 Å². The van der Waals surface area contributed by atoms with Crippen molar-refractivity contribution in [3.05, 3.63) is 24.7 Å². The van der Waals surface area contributed by atoms with Crippen molar-refractivity contribution in [1.29, 1.82) is 0 Å². The van der Waals surface area contributed by atoms with Crippen molar-refractivity contribution < 1.29 is 4.74 Å². The third-order valence-corrected chi connectivity index (χ3v) is 2.26. The highest BCUT2D eigenvalue weighted by Gasteiger charge is 2.02. The predicted octanol–water partition coefficient (Wildman–Crippen LogP) is 1.15. The lowest BCUT2D eigenvalue weighted by atomic mass is 10.5. The van der Waals surface area contributed by atoms with E-state index in [1.165, 1.54) is 0 Å². The average Bonchev–Trinajstić information content (AvgIpc) is 2.75. The van der Waals surface area contributed by atoms with Crippen molar-refractivity contribution in [3.63, 3.8) is 0 Å². The second kappa shape index (κ2) is 6.03. The third kappa shape index (κ3) is 4.13. The summed E-state index contributed by atoms with van der Waals surface area (Å²) in [5, 5.41) is 7.20. The molecule has 0 saturated carbocycles. The largest absolute Gasteiger partial charge is 0.475 e. The van der Waals surface area contributed by atoms with Crippen LogP contribution in [0.25, 0.3) is 0 Å². The summed E-state index contributed by atoms with van der Waals surface area (Å²) in [7, 11) is 0. The van der Waals surface area contributed by atoms with Crippen molar-refractivity contribution in [2.75, 3.05) is 17.6 Å². The Hall–Kier alpha value is -2.31. The van der Waals surface area contributed by atoms with Gasteiger partial charge in [-0.1, -0.05) is 0 Å². The van der Waals surface area contributed by atoms with Crippen LogP contribution in [0.2, 0.25) is 0 Å². The normalized spacial score (nSPS) is 10.7. The molecule has 19 heavy (non-hydrogen) atoms. The summed E-state index contributed by atoms with van der Waals surface area (Å²) in [5.41, 5.74) is 6.24. The first-order valence-corrected chi connectivity index (χ1v) is 6.15. The highest BCUT2D eigenvalue weighted by atomic mass is 16.5. The van der Waals surface area contributed by atoms with Gasteiger partial charge in [-0.05, 0) is 13.8 Å². The molecule has 2 heterocycles. The van der Waals surface area contributed by atoms with Gasteiger partial charge >= 0.3 is 0 Å². The molecule has 2 rings (SSSR count). The minimum Gasteiger partial charge on any atom is -0.475 e. The molecule has 0 unspecified atom stereocenters. The molecule has 0 spiro atoms. The molecular weight excluding hydrogens is 244 g/mol. The molecule has 7 heteroatoms. The van der Waals surface area contributed by atoms with Gasteiger partial charge in [-0.3, -0.25) is 4.68 Å². The van der Waals surface area contributed by atoms with E-state index in [0.29, 0.717) is 30.6 Å². The van der Waals surface area contributed by atoms with Crippen LogP contribution in [-0.4, -0.2) is 32.4 Å². The second-order valence-electron chi connectivity index (χ2n) is 4.35. The summed E-state index contributed by atoms with van der Waals surface area (Å²) >= 11 is 0. The van der Waals surface area contributed by atoms with Crippen LogP contribution in [0.15, 0.2) is 24.7 Å². The van der Waals surface area contributed by atoms with E-state index in [0.717, 1.165) is 0 Å². The number of nitrogens with zero attached hydrogens (tertiary/aromatic N) is 4. The Balaban J connectivity index is 1.85. The zero-order chi connectivity index (χ0) is 13.7. The van der Waals surface area contributed by atoms with Crippen molar-refractivity contribution in [2.45, 2.75) is 26.5 Å². The van der Waals surface area contributed by atoms with Crippen LogP contribution in [0, 0.1) is 0 Å². The Kier molecular flexibility index (Phi) is 4.17. The zero-order valence-corrected chi connectivity index (χ0v) is 11.1. The number of hydrogen-bond acceptors (Lipinski definition) is 6. The molecule has 0 atom stereocenters. The van der Waals surface area contributed by atoms with Crippen molar-refractivity contribution >= 4 is 11.6 Å². The minimum absolute atomic E-state index is 0.0924. The second-order valence-corrected chi connectivity index (χ2v) is 4.35. The van der Waals surface area contributed by atoms with Gasteiger partial charge in [0.05, 0.1) is 24.5 Å². The van der Waals surface area contributed by atoms with Crippen LogP contribution >= 0.6 is 0 Å². The molecule has 0 saturated heterocycles. The lowest BCUT2D eigenvalue weighted by molar-refractivity contribution is 0.232. The van der Waals surface area contributed by atoms with E-state index in [1.54, 1.807) is 29.3 Å². The summed E-state index contributed by atoms with van der Waals surface area (Å²) < 4.78 is 7.26. The van der Waals surface area contributed by atoms with Crippen LogP contribution in [0.1, 0.15) is 13.8 Å².